The number of hydrogen-bond acceptors (Lipinski definition) is 2. The van der Waals surface area contributed by atoms with Crippen molar-refractivity contribution in [3.63, 3.8) is 0 Å². The van der Waals surface area contributed by atoms with Gasteiger partial charge in [0.2, 0.25) is 0 Å². The molecule has 3 aliphatic carbocycles. The molecule has 0 unspecified atom stereocenters. The summed E-state index contributed by atoms with van der Waals surface area (Å²) >= 11 is 0. The fraction of sp³-hybridized carbons (Fsp3) is 1.00. The summed E-state index contributed by atoms with van der Waals surface area (Å²) in [6.45, 7) is 4.91. The van der Waals surface area contributed by atoms with Crippen LogP contribution < -0.4 is 5.32 Å². The lowest BCUT2D eigenvalue weighted by Crippen LogP contribution is -2.44. The van der Waals surface area contributed by atoms with E-state index in [2.05, 4.69) is 17.1 Å². The molecule has 0 bridgehead atoms. The van der Waals surface area contributed by atoms with E-state index >= 15 is 0 Å². The molecule has 0 amide bonds. The Morgan fingerprint density at radius 2 is 1.50 bits per heavy atom. The molecule has 104 valence electrons. The summed E-state index contributed by atoms with van der Waals surface area (Å²) in [6, 6.07) is 2.73. The fourth-order valence-electron chi connectivity index (χ4n) is 3.56. The molecular weight excluding hydrogens is 220 g/mol. The predicted molar refractivity (Wildman–Crippen MR) is 76.8 cm³/mol. The summed E-state index contributed by atoms with van der Waals surface area (Å²) < 4.78 is 0. The van der Waals surface area contributed by atoms with Gasteiger partial charge in [0.05, 0.1) is 0 Å². The van der Waals surface area contributed by atoms with E-state index in [1.165, 1.54) is 70.9 Å². The molecule has 0 atom stereocenters. The van der Waals surface area contributed by atoms with E-state index in [4.69, 9.17) is 0 Å². The van der Waals surface area contributed by atoms with Crippen molar-refractivity contribution in [1.82, 2.24) is 10.2 Å². The van der Waals surface area contributed by atoms with E-state index in [0.717, 1.165) is 24.0 Å². The summed E-state index contributed by atoms with van der Waals surface area (Å²) in [7, 11) is 0. The quantitative estimate of drug-likeness (QED) is 0.746. The third-order valence-electron chi connectivity index (χ3n) is 5.03. The van der Waals surface area contributed by atoms with Gasteiger partial charge >= 0.3 is 0 Å². The van der Waals surface area contributed by atoms with E-state index in [1.54, 1.807) is 0 Å². The van der Waals surface area contributed by atoms with Crippen LogP contribution in [0, 0.1) is 5.92 Å². The number of hydrogen-bond donors (Lipinski definition) is 1. The van der Waals surface area contributed by atoms with Crippen LogP contribution in [-0.2, 0) is 0 Å². The maximum absolute atomic E-state index is 3.71. The average molecular weight is 250 g/mol. The van der Waals surface area contributed by atoms with Crippen LogP contribution in [0.15, 0.2) is 0 Å². The normalized spacial score (nSPS) is 33.0. The Morgan fingerprint density at radius 1 is 0.889 bits per heavy atom. The number of nitrogens with zero attached hydrogens (tertiary/aromatic N) is 1. The van der Waals surface area contributed by atoms with Gasteiger partial charge in [-0.1, -0.05) is 6.92 Å². The van der Waals surface area contributed by atoms with Gasteiger partial charge in [-0.2, -0.15) is 0 Å². The van der Waals surface area contributed by atoms with Crippen molar-refractivity contribution >= 4 is 0 Å². The summed E-state index contributed by atoms with van der Waals surface area (Å²) in [6.07, 6.45) is 13.0. The fourth-order valence-corrected chi connectivity index (χ4v) is 3.56. The first-order chi connectivity index (χ1) is 8.86. The minimum Gasteiger partial charge on any atom is -0.314 e. The van der Waals surface area contributed by atoms with E-state index < -0.39 is 0 Å². The smallest absolute Gasteiger partial charge is 0.00994 e. The molecule has 0 aromatic rings. The van der Waals surface area contributed by atoms with Crippen LogP contribution in [0.5, 0.6) is 0 Å². The zero-order chi connectivity index (χ0) is 12.4. The number of nitrogens with one attached hydrogen (secondary N) is 1. The SMILES string of the molecule is CCCNC1CCC(N(CC2CC2)C2CC2)CC1. The highest BCUT2D eigenvalue weighted by Gasteiger charge is 2.38. The minimum absolute atomic E-state index is 0.822. The van der Waals surface area contributed by atoms with Gasteiger partial charge in [-0.25, -0.2) is 0 Å². The summed E-state index contributed by atoms with van der Waals surface area (Å²) in [5.41, 5.74) is 0. The van der Waals surface area contributed by atoms with Crippen molar-refractivity contribution < 1.29 is 0 Å². The monoisotopic (exact) mass is 250 g/mol. The first-order valence-corrected chi connectivity index (χ1v) is 8.36. The Bertz CT molecular complexity index is 250. The van der Waals surface area contributed by atoms with Gasteiger partial charge < -0.3 is 5.32 Å². The summed E-state index contributed by atoms with van der Waals surface area (Å²) in [4.78, 5) is 2.91. The molecule has 0 spiro atoms. The van der Waals surface area contributed by atoms with Gasteiger partial charge in [0.25, 0.3) is 0 Å². The van der Waals surface area contributed by atoms with E-state index in [0.29, 0.717) is 0 Å². The molecule has 0 saturated heterocycles. The molecule has 3 saturated carbocycles. The molecule has 0 heterocycles. The Hall–Kier alpha value is -0.0800. The second-order valence-electron chi connectivity index (χ2n) is 6.83. The van der Waals surface area contributed by atoms with Crippen LogP contribution in [-0.4, -0.2) is 36.1 Å². The van der Waals surface area contributed by atoms with Crippen LogP contribution >= 0.6 is 0 Å². The topological polar surface area (TPSA) is 15.3 Å². The van der Waals surface area contributed by atoms with Gasteiger partial charge in [0, 0.05) is 24.7 Å². The average Bonchev–Trinajstić information content (AvgIpc) is 3.28. The molecule has 0 aliphatic heterocycles. The molecule has 2 heteroatoms. The lowest BCUT2D eigenvalue weighted by atomic mass is 9.89. The molecule has 0 aromatic carbocycles. The van der Waals surface area contributed by atoms with Crippen molar-refractivity contribution in [3.05, 3.63) is 0 Å². The first-order valence-electron chi connectivity index (χ1n) is 8.36. The second kappa shape index (κ2) is 5.92. The molecule has 2 nitrogen and oxygen atoms in total. The Morgan fingerprint density at radius 3 is 2.00 bits per heavy atom. The maximum atomic E-state index is 3.71. The van der Waals surface area contributed by atoms with E-state index in [1.807, 2.05) is 0 Å². The summed E-state index contributed by atoms with van der Waals surface area (Å²) in [5.74, 6) is 1.07. The van der Waals surface area contributed by atoms with Crippen LogP contribution in [0.25, 0.3) is 0 Å². The van der Waals surface area contributed by atoms with E-state index in [-0.39, 0.29) is 0 Å². The van der Waals surface area contributed by atoms with Crippen LogP contribution in [0.1, 0.15) is 64.7 Å². The number of rotatable bonds is 7. The highest BCUT2D eigenvalue weighted by molar-refractivity contribution is 4.94. The Balaban J connectivity index is 1.44. The molecule has 0 radical (unpaired) electrons. The van der Waals surface area contributed by atoms with Gasteiger partial charge in [0.1, 0.15) is 0 Å². The van der Waals surface area contributed by atoms with Gasteiger partial charge in [0.15, 0.2) is 0 Å². The van der Waals surface area contributed by atoms with Crippen molar-refractivity contribution in [2.24, 2.45) is 5.92 Å². The van der Waals surface area contributed by atoms with Crippen molar-refractivity contribution in [2.45, 2.75) is 82.8 Å². The van der Waals surface area contributed by atoms with Crippen molar-refractivity contribution in [3.8, 4) is 0 Å². The third-order valence-corrected chi connectivity index (χ3v) is 5.03. The first kappa shape index (κ1) is 12.9. The Kier molecular flexibility index (Phi) is 4.25. The van der Waals surface area contributed by atoms with Crippen molar-refractivity contribution in [2.75, 3.05) is 13.1 Å². The summed E-state index contributed by atoms with van der Waals surface area (Å²) in [5, 5.41) is 3.71. The van der Waals surface area contributed by atoms with Gasteiger partial charge in [-0.15, -0.1) is 0 Å². The standard InChI is InChI=1S/C16H30N2/c1-2-11-17-14-5-7-15(8-6-14)18(16-9-10-16)12-13-3-4-13/h13-17H,2-12H2,1H3. The highest BCUT2D eigenvalue weighted by atomic mass is 15.2. The third kappa shape index (κ3) is 3.48. The zero-order valence-electron chi connectivity index (χ0n) is 12.0. The molecule has 0 aromatic heterocycles. The molecular formula is C16H30N2. The molecule has 3 rings (SSSR count). The van der Waals surface area contributed by atoms with Gasteiger partial charge in [-0.05, 0) is 70.3 Å². The lowest BCUT2D eigenvalue weighted by Gasteiger charge is -2.37. The largest absolute Gasteiger partial charge is 0.314 e. The van der Waals surface area contributed by atoms with Crippen LogP contribution in [0.2, 0.25) is 0 Å². The molecule has 18 heavy (non-hydrogen) atoms. The molecule has 3 aliphatic rings. The van der Waals surface area contributed by atoms with Crippen LogP contribution in [0.4, 0.5) is 0 Å². The zero-order valence-corrected chi connectivity index (χ0v) is 12.0. The molecule has 3 fully saturated rings. The van der Waals surface area contributed by atoms with E-state index in [9.17, 15) is 0 Å². The van der Waals surface area contributed by atoms with Gasteiger partial charge in [-0.3, -0.25) is 4.90 Å². The maximum Gasteiger partial charge on any atom is 0.00994 e. The Labute approximate surface area is 113 Å². The lowest BCUT2D eigenvalue weighted by molar-refractivity contribution is 0.129. The second-order valence-corrected chi connectivity index (χ2v) is 6.83. The van der Waals surface area contributed by atoms with Crippen molar-refractivity contribution in [1.29, 1.82) is 0 Å². The minimum atomic E-state index is 0.822. The predicted octanol–water partition coefficient (Wildman–Crippen LogP) is 3.17. The highest BCUT2D eigenvalue weighted by Crippen LogP contribution is 2.38. The van der Waals surface area contributed by atoms with Crippen LogP contribution in [0.3, 0.4) is 0 Å². The molecule has 1 N–H and O–H groups in total.